The zero-order valence-corrected chi connectivity index (χ0v) is 13.3. The van der Waals surface area contributed by atoms with Gasteiger partial charge in [0.25, 0.3) is 5.56 Å². The molecule has 126 valence electrons. The van der Waals surface area contributed by atoms with Crippen molar-refractivity contribution in [2.75, 3.05) is 18.5 Å². The molecule has 2 heterocycles. The lowest BCUT2D eigenvalue weighted by molar-refractivity contribution is 0.0691. The van der Waals surface area contributed by atoms with E-state index in [1.54, 1.807) is 13.0 Å². The van der Waals surface area contributed by atoms with Crippen LogP contribution in [0.15, 0.2) is 16.9 Å². The van der Waals surface area contributed by atoms with E-state index in [4.69, 9.17) is 5.11 Å². The number of aromatic amines is 1. The van der Waals surface area contributed by atoms with Gasteiger partial charge in [-0.15, -0.1) is 0 Å². The lowest BCUT2D eigenvalue weighted by atomic mass is 9.98. The van der Waals surface area contributed by atoms with Gasteiger partial charge in [0.15, 0.2) is 5.56 Å². The Morgan fingerprint density at radius 2 is 2.12 bits per heavy atom. The molecule has 2 aromatic rings. The fourth-order valence-electron chi connectivity index (χ4n) is 3.16. The lowest BCUT2D eigenvalue weighted by Crippen LogP contribution is -2.20. The highest BCUT2D eigenvalue weighted by Crippen LogP contribution is 2.36. The van der Waals surface area contributed by atoms with Crippen LogP contribution in [0.1, 0.15) is 28.4 Å². The number of carbonyl (C=O) groups is 1. The van der Waals surface area contributed by atoms with Gasteiger partial charge in [0.2, 0.25) is 0 Å². The van der Waals surface area contributed by atoms with E-state index in [0.717, 1.165) is 24.2 Å². The molecular formula is C17H17FN2O4. The molecule has 0 aliphatic carbocycles. The summed E-state index contributed by atoms with van der Waals surface area (Å²) in [6, 6.07) is 3.05. The van der Waals surface area contributed by atoms with Gasteiger partial charge in [-0.25, -0.2) is 9.18 Å². The predicted octanol–water partition coefficient (Wildman–Crippen LogP) is 2.14. The summed E-state index contributed by atoms with van der Waals surface area (Å²) < 4.78 is 14.6. The highest BCUT2D eigenvalue weighted by Gasteiger charge is 2.25. The van der Waals surface area contributed by atoms with E-state index in [9.17, 15) is 19.1 Å². The second-order valence-electron chi connectivity index (χ2n) is 5.82. The molecule has 0 bridgehead atoms. The summed E-state index contributed by atoms with van der Waals surface area (Å²) in [5.74, 6) is -2.66. The highest BCUT2D eigenvalue weighted by molar-refractivity contribution is 5.92. The van der Waals surface area contributed by atoms with E-state index in [0.29, 0.717) is 0 Å². The smallest absolute Gasteiger partial charge is 0.345 e. The van der Waals surface area contributed by atoms with E-state index in [2.05, 4.69) is 4.98 Å². The molecule has 0 saturated heterocycles. The van der Waals surface area contributed by atoms with Crippen molar-refractivity contribution in [1.29, 1.82) is 0 Å². The molecule has 6 nitrogen and oxygen atoms in total. The maximum atomic E-state index is 14.6. The maximum Gasteiger partial charge on any atom is 0.345 e. The fourth-order valence-corrected chi connectivity index (χ4v) is 3.16. The van der Waals surface area contributed by atoms with Crippen molar-refractivity contribution in [3.05, 3.63) is 45.0 Å². The summed E-state index contributed by atoms with van der Waals surface area (Å²) >= 11 is 0. The molecule has 7 heteroatoms. The monoisotopic (exact) mass is 332 g/mol. The fraction of sp³-hybridized carbons (Fsp3) is 0.294. The SMILES string of the molecule is CCc1c(-c2cc3c(cc2F)N(C)CC3)[nH]c(=O)c(C(=O)O)c1O. The first-order chi connectivity index (χ1) is 11.3. The number of carboxylic acids is 1. The number of likely N-dealkylation sites (N-methyl/N-ethyl adjacent to an activating group) is 1. The van der Waals surface area contributed by atoms with Crippen LogP contribution in [-0.2, 0) is 12.8 Å². The lowest BCUT2D eigenvalue weighted by Gasteiger charge is -2.15. The predicted molar refractivity (Wildman–Crippen MR) is 87.4 cm³/mol. The van der Waals surface area contributed by atoms with E-state index in [-0.39, 0.29) is 23.2 Å². The molecule has 3 rings (SSSR count). The second kappa shape index (κ2) is 5.67. The minimum atomic E-state index is -1.52. The Bertz CT molecular complexity index is 904. The zero-order valence-electron chi connectivity index (χ0n) is 13.3. The molecule has 0 unspecified atom stereocenters. The molecule has 0 amide bonds. The second-order valence-corrected chi connectivity index (χ2v) is 5.82. The van der Waals surface area contributed by atoms with Crippen molar-refractivity contribution in [1.82, 2.24) is 4.98 Å². The van der Waals surface area contributed by atoms with Crippen molar-refractivity contribution in [2.24, 2.45) is 0 Å². The first-order valence-corrected chi connectivity index (χ1v) is 7.60. The number of aromatic nitrogens is 1. The van der Waals surface area contributed by atoms with E-state index in [1.807, 2.05) is 11.9 Å². The highest BCUT2D eigenvalue weighted by atomic mass is 19.1. The summed E-state index contributed by atoms with van der Waals surface area (Å²) in [4.78, 5) is 27.5. The van der Waals surface area contributed by atoms with E-state index < -0.39 is 28.7 Å². The average molecular weight is 332 g/mol. The number of carboxylic acid groups (broad SMARTS) is 1. The Hall–Kier alpha value is -2.83. The van der Waals surface area contributed by atoms with Crippen LogP contribution in [0.5, 0.6) is 5.75 Å². The molecule has 0 spiro atoms. The number of nitrogens with one attached hydrogen (secondary N) is 1. The minimum Gasteiger partial charge on any atom is -0.506 e. The topological polar surface area (TPSA) is 93.6 Å². The van der Waals surface area contributed by atoms with Crippen LogP contribution in [0.25, 0.3) is 11.3 Å². The number of hydrogen-bond donors (Lipinski definition) is 3. The molecule has 0 saturated carbocycles. The Balaban J connectivity index is 2.28. The number of aromatic carboxylic acids is 1. The van der Waals surface area contributed by atoms with Gasteiger partial charge in [-0.2, -0.15) is 0 Å². The third-order valence-electron chi connectivity index (χ3n) is 4.42. The normalized spacial score (nSPS) is 13.2. The number of nitrogens with zero attached hydrogens (tertiary/aromatic N) is 1. The molecule has 3 N–H and O–H groups in total. The number of pyridine rings is 1. The van der Waals surface area contributed by atoms with Crippen molar-refractivity contribution in [3.63, 3.8) is 0 Å². The summed E-state index contributed by atoms with van der Waals surface area (Å²) in [5.41, 5.74) is 0.546. The van der Waals surface area contributed by atoms with Gasteiger partial charge in [-0.3, -0.25) is 4.79 Å². The number of benzene rings is 1. The third-order valence-corrected chi connectivity index (χ3v) is 4.42. The molecule has 0 radical (unpaired) electrons. The number of aromatic hydroxyl groups is 1. The quantitative estimate of drug-likeness (QED) is 0.801. The van der Waals surface area contributed by atoms with Crippen molar-refractivity contribution >= 4 is 11.7 Å². The Labute approximate surface area is 137 Å². The van der Waals surface area contributed by atoms with Gasteiger partial charge in [-0.1, -0.05) is 6.92 Å². The number of hydrogen-bond acceptors (Lipinski definition) is 4. The van der Waals surface area contributed by atoms with Gasteiger partial charge < -0.3 is 20.1 Å². The molecule has 1 aromatic carbocycles. The van der Waals surface area contributed by atoms with Gasteiger partial charge >= 0.3 is 5.97 Å². The van der Waals surface area contributed by atoms with Crippen LogP contribution < -0.4 is 10.5 Å². The van der Waals surface area contributed by atoms with Crippen LogP contribution >= 0.6 is 0 Å². The summed E-state index contributed by atoms with van der Waals surface area (Å²) in [6.45, 7) is 2.47. The van der Waals surface area contributed by atoms with Gasteiger partial charge in [0, 0.05) is 30.4 Å². The summed E-state index contributed by atoms with van der Waals surface area (Å²) in [5, 5.41) is 19.3. The van der Waals surface area contributed by atoms with Crippen LogP contribution in [0.3, 0.4) is 0 Å². The Morgan fingerprint density at radius 1 is 1.42 bits per heavy atom. The number of fused-ring (bicyclic) bond motifs is 1. The maximum absolute atomic E-state index is 14.6. The first kappa shape index (κ1) is 16.0. The van der Waals surface area contributed by atoms with Crippen LogP contribution in [0.2, 0.25) is 0 Å². The Kier molecular flexibility index (Phi) is 3.79. The third kappa shape index (κ3) is 2.33. The summed E-state index contributed by atoms with van der Waals surface area (Å²) in [6.07, 6.45) is 0.999. The molecule has 1 aromatic heterocycles. The molecule has 1 aliphatic rings. The summed E-state index contributed by atoms with van der Waals surface area (Å²) in [7, 11) is 1.87. The molecule has 1 aliphatic heterocycles. The largest absolute Gasteiger partial charge is 0.506 e. The standard InChI is InChI=1S/C17H17FN2O4/c1-3-9-14(19-16(22)13(15(9)21)17(23)24)10-6-8-4-5-20(2)12(8)7-11(10)18/h6-7H,3-5H2,1-2H3,(H,23,24)(H2,19,21,22). The van der Waals surface area contributed by atoms with Crippen molar-refractivity contribution < 1.29 is 19.4 Å². The van der Waals surface area contributed by atoms with Crippen molar-refractivity contribution in [2.45, 2.75) is 19.8 Å². The van der Waals surface area contributed by atoms with Gasteiger partial charge in [0.05, 0.1) is 5.69 Å². The van der Waals surface area contributed by atoms with E-state index in [1.165, 1.54) is 6.07 Å². The van der Waals surface area contributed by atoms with E-state index >= 15 is 0 Å². The van der Waals surface area contributed by atoms with Crippen molar-refractivity contribution in [3.8, 4) is 17.0 Å². The average Bonchev–Trinajstić information content (AvgIpc) is 2.86. The minimum absolute atomic E-state index is 0.125. The van der Waals surface area contributed by atoms with Crippen LogP contribution in [-0.4, -0.2) is 34.8 Å². The van der Waals surface area contributed by atoms with Gasteiger partial charge in [-0.05, 0) is 30.5 Å². The number of rotatable bonds is 3. The number of H-pyrrole nitrogens is 1. The first-order valence-electron chi connectivity index (χ1n) is 7.60. The molecule has 0 atom stereocenters. The molecule has 24 heavy (non-hydrogen) atoms. The van der Waals surface area contributed by atoms with Gasteiger partial charge in [0.1, 0.15) is 11.6 Å². The number of anilines is 1. The molecule has 0 fully saturated rings. The van der Waals surface area contributed by atoms with Crippen LogP contribution in [0, 0.1) is 5.82 Å². The number of halogens is 1. The molecular weight excluding hydrogens is 315 g/mol. The van der Waals surface area contributed by atoms with Crippen LogP contribution in [0.4, 0.5) is 10.1 Å². The Morgan fingerprint density at radius 3 is 2.75 bits per heavy atom. The zero-order chi connectivity index (χ0) is 17.6.